The molecule has 4 aromatic rings. The molecule has 0 N–H and O–H groups in total. The largest absolute Gasteiger partial charge is 0.376 e. The van der Waals surface area contributed by atoms with Gasteiger partial charge in [0.25, 0.3) is 0 Å². The van der Waals surface area contributed by atoms with E-state index in [0.717, 1.165) is 52.4 Å². The van der Waals surface area contributed by atoms with Crippen molar-refractivity contribution in [3.8, 4) is 33.5 Å². The van der Waals surface area contributed by atoms with Gasteiger partial charge in [-0.25, -0.2) is 0 Å². The number of fused-ring (bicyclic) bond motifs is 1. The molecule has 0 saturated heterocycles. The van der Waals surface area contributed by atoms with Crippen molar-refractivity contribution >= 4 is 0 Å². The lowest BCUT2D eigenvalue weighted by Gasteiger charge is -2.22. The van der Waals surface area contributed by atoms with Crippen LogP contribution in [0, 0.1) is 13.8 Å². The van der Waals surface area contributed by atoms with Crippen molar-refractivity contribution in [2.24, 2.45) is 0 Å². The highest BCUT2D eigenvalue weighted by Crippen LogP contribution is 2.39. The third kappa shape index (κ3) is 3.15. The Balaban J connectivity index is 1.75. The maximum absolute atomic E-state index is 5.78. The molecular weight excluding hydrogens is 360 g/mol. The number of hydrogen-bond acceptors (Lipinski definition) is 4. The fraction of sp³-hybridized carbons (Fsp3) is 0.200. The Kier molecular flexibility index (Phi) is 4.49. The summed E-state index contributed by atoms with van der Waals surface area (Å²) in [6, 6.07) is 19.0. The Morgan fingerprint density at radius 2 is 1.76 bits per heavy atom. The first-order chi connectivity index (χ1) is 14.2. The molecule has 0 atom stereocenters. The topological polar surface area (TPSA) is 48.2 Å². The molecule has 3 heterocycles. The average Bonchev–Trinajstić information content (AvgIpc) is 3.11. The number of hydrogen-bond donors (Lipinski definition) is 0. The van der Waals surface area contributed by atoms with E-state index in [1.54, 1.807) is 0 Å². The van der Waals surface area contributed by atoms with Crippen molar-refractivity contribution in [1.29, 1.82) is 0 Å². The van der Waals surface area contributed by atoms with Gasteiger partial charge in [0.1, 0.15) is 5.76 Å². The van der Waals surface area contributed by atoms with Crippen LogP contribution in [0.15, 0.2) is 65.3 Å². The Labute approximate surface area is 170 Å². The SMILES string of the molecule is Cc1noc(C)c1-c1cc(-c2cccnc2-c2ccccc2)cc2c1CCOC2. The maximum atomic E-state index is 5.78. The number of benzene rings is 2. The number of ether oxygens (including phenoxy) is 1. The van der Waals surface area contributed by atoms with Crippen LogP contribution in [0.2, 0.25) is 0 Å². The van der Waals surface area contributed by atoms with E-state index in [0.29, 0.717) is 6.61 Å². The van der Waals surface area contributed by atoms with Gasteiger partial charge in [-0.3, -0.25) is 4.98 Å². The number of aryl methyl sites for hydroxylation is 2. The average molecular weight is 382 g/mol. The minimum Gasteiger partial charge on any atom is -0.376 e. The van der Waals surface area contributed by atoms with Crippen molar-refractivity contribution < 1.29 is 9.26 Å². The lowest BCUT2D eigenvalue weighted by Crippen LogP contribution is -2.12. The molecule has 144 valence electrons. The van der Waals surface area contributed by atoms with Crippen LogP contribution in [0.1, 0.15) is 22.6 Å². The minimum absolute atomic E-state index is 0.625. The molecule has 0 unspecified atom stereocenters. The van der Waals surface area contributed by atoms with E-state index in [1.165, 1.54) is 16.7 Å². The summed E-state index contributed by atoms with van der Waals surface area (Å²) >= 11 is 0. The summed E-state index contributed by atoms with van der Waals surface area (Å²) in [5.41, 5.74) is 10.1. The molecule has 1 aliphatic heterocycles. The summed E-state index contributed by atoms with van der Waals surface area (Å²) in [6.45, 7) is 5.35. The monoisotopic (exact) mass is 382 g/mol. The normalized spacial score (nSPS) is 13.3. The van der Waals surface area contributed by atoms with Crippen molar-refractivity contribution in [2.75, 3.05) is 6.61 Å². The van der Waals surface area contributed by atoms with Crippen molar-refractivity contribution in [2.45, 2.75) is 26.9 Å². The zero-order valence-electron chi connectivity index (χ0n) is 16.6. The first kappa shape index (κ1) is 17.8. The molecule has 29 heavy (non-hydrogen) atoms. The molecule has 4 nitrogen and oxygen atoms in total. The number of rotatable bonds is 3. The first-order valence-corrected chi connectivity index (χ1v) is 9.90. The summed E-state index contributed by atoms with van der Waals surface area (Å²) in [5, 5.41) is 4.19. The molecule has 0 bridgehead atoms. The standard InChI is InChI=1S/C25H22N2O2/c1-16-24(17(2)29-27-16)23-14-19(13-20-15-28-12-10-21(20)23)22-9-6-11-26-25(22)18-7-4-3-5-8-18/h3-9,11,13-14H,10,12,15H2,1-2H3. The smallest absolute Gasteiger partial charge is 0.141 e. The number of pyridine rings is 1. The fourth-order valence-electron chi connectivity index (χ4n) is 4.22. The summed E-state index contributed by atoms with van der Waals surface area (Å²) in [4.78, 5) is 4.70. The fourth-order valence-corrected chi connectivity index (χ4v) is 4.22. The first-order valence-electron chi connectivity index (χ1n) is 9.90. The predicted molar refractivity (Wildman–Crippen MR) is 113 cm³/mol. The highest BCUT2D eigenvalue weighted by Gasteiger charge is 2.22. The van der Waals surface area contributed by atoms with Crippen LogP contribution in [0.25, 0.3) is 33.5 Å². The Morgan fingerprint density at radius 1 is 0.897 bits per heavy atom. The lowest BCUT2D eigenvalue weighted by molar-refractivity contribution is 0.111. The molecule has 0 aliphatic carbocycles. The number of nitrogens with zero attached hydrogens (tertiary/aromatic N) is 2. The second-order valence-corrected chi connectivity index (χ2v) is 7.43. The van der Waals surface area contributed by atoms with Crippen molar-refractivity contribution in [3.05, 3.63) is 83.4 Å². The van der Waals surface area contributed by atoms with Crippen LogP contribution in [0.4, 0.5) is 0 Å². The summed E-state index contributed by atoms with van der Waals surface area (Å²) < 4.78 is 11.3. The molecule has 5 rings (SSSR count). The van der Waals surface area contributed by atoms with Crippen LogP contribution in [-0.4, -0.2) is 16.7 Å². The predicted octanol–water partition coefficient (Wildman–Crippen LogP) is 5.76. The van der Waals surface area contributed by atoms with Crippen LogP contribution >= 0.6 is 0 Å². The Morgan fingerprint density at radius 3 is 2.55 bits per heavy atom. The molecular formula is C25H22N2O2. The van der Waals surface area contributed by atoms with Gasteiger partial charge in [-0.2, -0.15) is 0 Å². The Bertz CT molecular complexity index is 1160. The highest BCUT2D eigenvalue weighted by molar-refractivity contribution is 5.85. The third-order valence-corrected chi connectivity index (χ3v) is 5.56. The van der Waals surface area contributed by atoms with Crippen LogP contribution in [0.3, 0.4) is 0 Å². The lowest BCUT2D eigenvalue weighted by atomic mass is 9.87. The van der Waals surface area contributed by atoms with Gasteiger partial charge < -0.3 is 9.26 Å². The third-order valence-electron chi connectivity index (χ3n) is 5.56. The van der Waals surface area contributed by atoms with Crippen molar-refractivity contribution in [1.82, 2.24) is 10.1 Å². The van der Waals surface area contributed by atoms with E-state index in [-0.39, 0.29) is 0 Å². The van der Waals surface area contributed by atoms with Gasteiger partial charge in [0.15, 0.2) is 0 Å². The second kappa shape index (κ2) is 7.30. The van der Waals surface area contributed by atoms with Gasteiger partial charge in [0, 0.05) is 22.9 Å². The highest BCUT2D eigenvalue weighted by atomic mass is 16.5. The van der Waals surface area contributed by atoms with Crippen LogP contribution < -0.4 is 0 Å². The summed E-state index contributed by atoms with van der Waals surface area (Å²) in [7, 11) is 0. The van der Waals surface area contributed by atoms with Gasteiger partial charge in [0.05, 0.1) is 24.6 Å². The molecule has 0 radical (unpaired) electrons. The van der Waals surface area contributed by atoms with Gasteiger partial charge >= 0.3 is 0 Å². The van der Waals surface area contributed by atoms with E-state index in [4.69, 9.17) is 14.2 Å². The quantitative estimate of drug-likeness (QED) is 0.452. The van der Waals surface area contributed by atoms with E-state index < -0.39 is 0 Å². The molecule has 1 aliphatic rings. The van der Waals surface area contributed by atoms with Gasteiger partial charge in [-0.1, -0.05) is 41.6 Å². The molecule has 2 aromatic heterocycles. The van der Waals surface area contributed by atoms with Gasteiger partial charge in [-0.15, -0.1) is 0 Å². The van der Waals surface area contributed by atoms with Crippen LogP contribution in [-0.2, 0) is 17.8 Å². The van der Waals surface area contributed by atoms with Gasteiger partial charge in [0.2, 0.25) is 0 Å². The van der Waals surface area contributed by atoms with Crippen molar-refractivity contribution in [3.63, 3.8) is 0 Å². The van der Waals surface area contributed by atoms with E-state index >= 15 is 0 Å². The van der Waals surface area contributed by atoms with E-state index in [2.05, 4.69) is 35.5 Å². The Hall–Kier alpha value is -3.24. The second-order valence-electron chi connectivity index (χ2n) is 7.43. The van der Waals surface area contributed by atoms with E-state index in [9.17, 15) is 0 Å². The molecule has 0 fully saturated rings. The minimum atomic E-state index is 0.625. The molecule has 0 amide bonds. The molecule has 0 spiro atoms. The number of aromatic nitrogens is 2. The maximum Gasteiger partial charge on any atom is 0.141 e. The molecule has 2 aromatic carbocycles. The van der Waals surface area contributed by atoms with E-state index in [1.807, 2.05) is 44.3 Å². The van der Waals surface area contributed by atoms with Crippen LogP contribution in [0.5, 0.6) is 0 Å². The summed E-state index contributed by atoms with van der Waals surface area (Å²) in [6.07, 6.45) is 2.75. The zero-order valence-corrected chi connectivity index (χ0v) is 16.6. The van der Waals surface area contributed by atoms with Gasteiger partial charge in [-0.05, 0) is 60.7 Å². The molecule has 0 saturated carbocycles. The molecule has 4 heteroatoms. The zero-order chi connectivity index (χ0) is 19.8. The summed E-state index contributed by atoms with van der Waals surface area (Å²) in [5.74, 6) is 0.850.